The molecule has 0 aliphatic carbocycles. The van der Waals surface area contributed by atoms with E-state index < -0.39 is 0 Å². The summed E-state index contributed by atoms with van der Waals surface area (Å²) in [7, 11) is 0. The van der Waals surface area contributed by atoms with Crippen molar-refractivity contribution in [3.05, 3.63) is 30.3 Å². The highest BCUT2D eigenvalue weighted by atomic mass is 32.1. The highest BCUT2D eigenvalue weighted by Gasteiger charge is 1.92. The average molecular weight is 224 g/mol. The third-order valence-electron chi connectivity index (χ3n) is 1.37. The largest absolute Gasteiger partial charge is 0.363 e. The minimum Gasteiger partial charge on any atom is -0.363 e. The van der Waals surface area contributed by atoms with Crippen LogP contribution in [0, 0.1) is 0 Å². The molecule has 1 aromatic carbocycles. The molecule has 0 saturated heterocycles. The van der Waals surface area contributed by atoms with Crippen LogP contribution < -0.4 is 10.6 Å². The molecule has 0 spiro atoms. The molecule has 1 rings (SSSR count). The molecule has 3 heteroatoms. The van der Waals surface area contributed by atoms with Gasteiger partial charge in [-0.1, -0.05) is 38.5 Å². The third-order valence-corrected chi connectivity index (χ3v) is 1.62. The van der Waals surface area contributed by atoms with Crippen LogP contribution in [0.3, 0.4) is 0 Å². The maximum atomic E-state index is 5.01. The topological polar surface area (TPSA) is 24.1 Å². The van der Waals surface area contributed by atoms with E-state index in [1.165, 1.54) is 6.42 Å². The van der Waals surface area contributed by atoms with Gasteiger partial charge in [0.1, 0.15) is 0 Å². The van der Waals surface area contributed by atoms with Crippen LogP contribution in [0.5, 0.6) is 0 Å². The molecule has 0 radical (unpaired) electrons. The van der Waals surface area contributed by atoms with Gasteiger partial charge in [-0.3, -0.25) is 0 Å². The zero-order chi connectivity index (χ0) is 11.5. The van der Waals surface area contributed by atoms with Gasteiger partial charge in [0, 0.05) is 12.2 Å². The van der Waals surface area contributed by atoms with Gasteiger partial charge in [-0.15, -0.1) is 0 Å². The molecule has 0 heterocycles. The lowest BCUT2D eigenvalue weighted by molar-refractivity contribution is 0.979. The van der Waals surface area contributed by atoms with Gasteiger partial charge >= 0.3 is 0 Å². The average Bonchev–Trinajstić information content (AvgIpc) is 2.20. The van der Waals surface area contributed by atoms with Gasteiger partial charge < -0.3 is 10.6 Å². The lowest BCUT2D eigenvalue weighted by Crippen LogP contribution is -2.27. The number of anilines is 1. The van der Waals surface area contributed by atoms with Crippen molar-refractivity contribution in [3.63, 3.8) is 0 Å². The molecule has 0 unspecified atom stereocenters. The Kier molecular flexibility index (Phi) is 8.78. The van der Waals surface area contributed by atoms with Crippen LogP contribution in [0.4, 0.5) is 5.69 Å². The van der Waals surface area contributed by atoms with Gasteiger partial charge in [0.25, 0.3) is 0 Å². The summed E-state index contributed by atoms with van der Waals surface area (Å²) in [6.07, 6.45) is 1.25. The van der Waals surface area contributed by atoms with E-state index in [1.807, 2.05) is 37.3 Å². The zero-order valence-corrected chi connectivity index (χ0v) is 10.5. The number of hydrogen-bond acceptors (Lipinski definition) is 1. The van der Waals surface area contributed by atoms with Crippen LogP contribution in [-0.4, -0.2) is 11.7 Å². The fourth-order valence-corrected chi connectivity index (χ4v) is 1.12. The molecule has 0 aliphatic rings. The van der Waals surface area contributed by atoms with Crippen LogP contribution >= 0.6 is 12.2 Å². The van der Waals surface area contributed by atoms with E-state index in [2.05, 4.69) is 24.5 Å². The van der Waals surface area contributed by atoms with Crippen molar-refractivity contribution in [3.8, 4) is 0 Å². The zero-order valence-electron chi connectivity index (χ0n) is 9.71. The first-order valence-corrected chi connectivity index (χ1v) is 5.75. The van der Waals surface area contributed by atoms with E-state index in [0.717, 1.165) is 12.2 Å². The Labute approximate surface area is 98.1 Å². The summed E-state index contributed by atoms with van der Waals surface area (Å²) in [6, 6.07) is 9.86. The van der Waals surface area contributed by atoms with Crippen molar-refractivity contribution in [2.45, 2.75) is 27.2 Å². The SMILES string of the molecule is CCC.CCNC(=S)Nc1ccccc1. The summed E-state index contributed by atoms with van der Waals surface area (Å²) >= 11 is 5.01. The van der Waals surface area contributed by atoms with Gasteiger partial charge in [-0.05, 0) is 31.3 Å². The van der Waals surface area contributed by atoms with Gasteiger partial charge in [-0.25, -0.2) is 0 Å². The number of hydrogen-bond donors (Lipinski definition) is 2. The number of rotatable bonds is 2. The highest BCUT2D eigenvalue weighted by molar-refractivity contribution is 7.80. The predicted molar refractivity (Wildman–Crippen MR) is 72.3 cm³/mol. The molecule has 1 aromatic rings. The standard InChI is InChI=1S/C9H12N2S.C3H8/c1-2-10-9(12)11-8-6-4-3-5-7-8;1-3-2/h3-7H,2H2,1H3,(H2,10,11,12);3H2,1-2H3. The number of para-hydroxylation sites is 1. The van der Waals surface area contributed by atoms with E-state index in [1.54, 1.807) is 0 Å². The fourth-order valence-electron chi connectivity index (χ4n) is 0.857. The Balaban J connectivity index is 0.000000583. The summed E-state index contributed by atoms with van der Waals surface area (Å²) < 4.78 is 0. The van der Waals surface area contributed by atoms with Crippen LogP contribution in [0.2, 0.25) is 0 Å². The molecular weight excluding hydrogens is 204 g/mol. The van der Waals surface area contributed by atoms with Gasteiger partial charge in [-0.2, -0.15) is 0 Å². The van der Waals surface area contributed by atoms with E-state index in [-0.39, 0.29) is 0 Å². The second-order valence-electron chi connectivity index (χ2n) is 3.06. The molecule has 2 nitrogen and oxygen atoms in total. The van der Waals surface area contributed by atoms with Crippen molar-refractivity contribution in [1.82, 2.24) is 5.32 Å². The first kappa shape index (κ1) is 13.9. The van der Waals surface area contributed by atoms with Crippen LogP contribution in [0.1, 0.15) is 27.2 Å². The van der Waals surface area contributed by atoms with Crippen LogP contribution in [0.15, 0.2) is 30.3 Å². The molecule has 0 bridgehead atoms. The lowest BCUT2D eigenvalue weighted by atomic mass is 10.3. The quantitative estimate of drug-likeness (QED) is 0.753. The second kappa shape index (κ2) is 9.46. The van der Waals surface area contributed by atoms with Crippen molar-refractivity contribution in [2.75, 3.05) is 11.9 Å². The highest BCUT2D eigenvalue weighted by Crippen LogP contribution is 2.03. The fraction of sp³-hybridized carbons (Fsp3) is 0.417. The van der Waals surface area contributed by atoms with Gasteiger partial charge in [0.15, 0.2) is 5.11 Å². The third kappa shape index (κ3) is 7.94. The number of nitrogens with one attached hydrogen (secondary N) is 2. The maximum absolute atomic E-state index is 5.01. The molecule has 0 amide bonds. The summed E-state index contributed by atoms with van der Waals surface area (Å²) in [4.78, 5) is 0. The van der Waals surface area contributed by atoms with E-state index in [0.29, 0.717) is 5.11 Å². The van der Waals surface area contributed by atoms with Crippen LogP contribution in [-0.2, 0) is 0 Å². The summed E-state index contributed by atoms with van der Waals surface area (Å²) in [5.41, 5.74) is 1.02. The minimum absolute atomic E-state index is 0.670. The minimum atomic E-state index is 0.670. The Bertz CT molecular complexity index is 260. The smallest absolute Gasteiger partial charge is 0.170 e. The monoisotopic (exact) mass is 224 g/mol. The Hall–Kier alpha value is -1.09. The summed E-state index contributed by atoms with van der Waals surface area (Å²) in [5.74, 6) is 0. The Morgan fingerprint density at radius 1 is 1.13 bits per heavy atom. The Morgan fingerprint density at radius 3 is 2.13 bits per heavy atom. The molecule has 0 aromatic heterocycles. The van der Waals surface area contributed by atoms with Crippen LogP contribution in [0.25, 0.3) is 0 Å². The Morgan fingerprint density at radius 2 is 1.67 bits per heavy atom. The molecule has 0 atom stereocenters. The summed E-state index contributed by atoms with van der Waals surface area (Å²) in [5, 5.41) is 6.75. The molecular formula is C12H20N2S. The first-order valence-electron chi connectivity index (χ1n) is 5.34. The van der Waals surface area contributed by atoms with Crippen molar-refractivity contribution in [1.29, 1.82) is 0 Å². The molecule has 15 heavy (non-hydrogen) atoms. The molecule has 84 valence electrons. The van der Waals surface area contributed by atoms with Crippen molar-refractivity contribution >= 4 is 23.0 Å². The van der Waals surface area contributed by atoms with Crippen molar-refractivity contribution in [2.24, 2.45) is 0 Å². The van der Waals surface area contributed by atoms with Gasteiger partial charge in [0.2, 0.25) is 0 Å². The predicted octanol–water partition coefficient (Wildman–Crippen LogP) is 3.41. The van der Waals surface area contributed by atoms with E-state index >= 15 is 0 Å². The lowest BCUT2D eigenvalue weighted by Gasteiger charge is -2.07. The van der Waals surface area contributed by atoms with E-state index in [9.17, 15) is 0 Å². The van der Waals surface area contributed by atoms with E-state index in [4.69, 9.17) is 12.2 Å². The molecule has 2 N–H and O–H groups in total. The van der Waals surface area contributed by atoms with Crippen molar-refractivity contribution < 1.29 is 0 Å². The molecule has 0 aliphatic heterocycles. The van der Waals surface area contributed by atoms with Gasteiger partial charge in [0.05, 0.1) is 0 Å². The maximum Gasteiger partial charge on any atom is 0.170 e. The second-order valence-corrected chi connectivity index (χ2v) is 3.47. The number of thiocarbonyl (C=S) groups is 1. The number of benzene rings is 1. The molecule has 0 fully saturated rings. The normalized spacial score (nSPS) is 8.47. The molecule has 0 saturated carbocycles. The first-order chi connectivity index (χ1) is 7.24. The summed E-state index contributed by atoms with van der Waals surface area (Å²) in [6.45, 7) is 7.11.